The highest BCUT2D eigenvalue weighted by atomic mass is 19.1. The van der Waals surface area contributed by atoms with Crippen LogP contribution in [0.4, 0.5) is 10.1 Å². The van der Waals surface area contributed by atoms with Crippen molar-refractivity contribution in [2.75, 3.05) is 11.9 Å². The zero-order valence-electron chi connectivity index (χ0n) is 15.0. The first-order valence-corrected chi connectivity index (χ1v) is 8.92. The van der Waals surface area contributed by atoms with Gasteiger partial charge in [0.15, 0.2) is 0 Å². The van der Waals surface area contributed by atoms with Crippen LogP contribution in [0.1, 0.15) is 31.9 Å². The molecule has 3 aromatic carbocycles. The maximum Gasteiger partial charge on any atom is 0.146 e. The molecule has 0 atom stereocenters. The molecule has 0 unspecified atom stereocenters. The molecule has 0 heterocycles. The number of hydrogen-bond donors (Lipinski definition) is 1. The van der Waals surface area contributed by atoms with E-state index in [4.69, 9.17) is 4.74 Å². The molecule has 0 fully saturated rings. The van der Waals surface area contributed by atoms with Crippen LogP contribution >= 0.6 is 0 Å². The summed E-state index contributed by atoms with van der Waals surface area (Å²) < 4.78 is 19.9. The van der Waals surface area contributed by atoms with Crippen molar-refractivity contribution in [3.05, 3.63) is 65.5 Å². The van der Waals surface area contributed by atoms with Crippen LogP contribution in [-0.2, 0) is 12.8 Å². The first-order valence-electron chi connectivity index (χ1n) is 8.92. The van der Waals surface area contributed by atoms with Crippen molar-refractivity contribution >= 4 is 16.5 Å². The molecule has 130 valence electrons. The minimum Gasteiger partial charge on any atom is -0.457 e. The van der Waals surface area contributed by atoms with Crippen molar-refractivity contribution < 1.29 is 9.13 Å². The number of ether oxygens (including phenoxy) is 1. The van der Waals surface area contributed by atoms with Crippen molar-refractivity contribution in [3.8, 4) is 11.5 Å². The van der Waals surface area contributed by atoms with Gasteiger partial charge in [0.05, 0.1) is 5.69 Å². The predicted octanol–water partition coefficient (Wildman–Crippen LogP) is 6.33. The number of anilines is 1. The molecule has 2 nitrogen and oxygen atoms in total. The van der Waals surface area contributed by atoms with Crippen molar-refractivity contribution in [1.29, 1.82) is 0 Å². The van der Waals surface area contributed by atoms with Crippen molar-refractivity contribution in [3.63, 3.8) is 0 Å². The summed E-state index contributed by atoms with van der Waals surface area (Å²) in [5.41, 5.74) is 3.21. The Morgan fingerprint density at radius 2 is 1.76 bits per heavy atom. The normalized spacial score (nSPS) is 10.9. The molecule has 0 aromatic heterocycles. The lowest BCUT2D eigenvalue weighted by molar-refractivity contribution is 0.486. The molecule has 1 N–H and O–H groups in total. The van der Waals surface area contributed by atoms with Gasteiger partial charge in [-0.25, -0.2) is 4.39 Å². The van der Waals surface area contributed by atoms with E-state index in [-0.39, 0.29) is 5.82 Å². The SMILES string of the molecule is CCNc1cc(Oc2cccc3c(CC)c(CC)ccc23)ccc1F. The fourth-order valence-corrected chi connectivity index (χ4v) is 3.30. The summed E-state index contributed by atoms with van der Waals surface area (Å²) in [6.07, 6.45) is 2.01. The van der Waals surface area contributed by atoms with Crippen LogP contribution in [0.5, 0.6) is 11.5 Å². The Morgan fingerprint density at radius 1 is 0.920 bits per heavy atom. The molecule has 3 heteroatoms. The van der Waals surface area contributed by atoms with E-state index in [1.807, 2.05) is 19.1 Å². The molecule has 0 spiro atoms. The predicted molar refractivity (Wildman–Crippen MR) is 103 cm³/mol. The topological polar surface area (TPSA) is 21.3 Å². The summed E-state index contributed by atoms with van der Waals surface area (Å²) in [4.78, 5) is 0. The Hall–Kier alpha value is -2.55. The van der Waals surface area contributed by atoms with Gasteiger partial charge in [0.25, 0.3) is 0 Å². The molecule has 0 amide bonds. The summed E-state index contributed by atoms with van der Waals surface area (Å²) in [5, 5.41) is 5.34. The van der Waals surface area contributed by atoms with E-state index in [0.717, 1.165) is 24.0 Å². The van der Waals surface area contributed by atoms with E-state index in [1.165, 1.54) is 22.6 Å². The van der Waals surface area contributed by atoms with Gasteiger partial charge in [-0.05, 0) is 54.5 Å². The lowest BCUT2D eigenvalue weighted by Crippen LogP contribution is -1.99. The van der Waals surface area contributed by atoms with Gasteiger partial charge in [-0.3, -0.25) is 0 Å². The fraction of sp³-hybridized carbons (Fsp3) is 0.273. The van der Waals surface area contributed by atoms with E-state index in [2.05, 4.69) is 37.4 Å². The molecular weight excluding hydrogens is 313 g/mol. The molecule has 0 saturated heterocycles. The van der Waals surface area contributed by atoms with Crippen LogP contribution in [0.15, 0.2) is 48.5 Å². The number of hydrogen-bond acceptors (Lipinski definition) is 2. The van der Waals surface area contributed by atoms with E-state index >= 15 is 0 Å². The van der Waals surface area contributed by atoms with E-state index < -0.39 is 0 Å². The van der Waals surface area contributed by atoms with Crippen molar-refractivity contribution in [2.24, 2.45) is 0 Å². The van der Waals surface area contributed by atoms with Crippen LogP contribution in [0, 0.1) is 5.82 Å². The second-order valence-electron chi connectivity index (χ2n) is 6.04. The number of fused-ring (bicyclic) bond motifs is 1. The van der Waals surface area contributed by atoms with Gasteiger partial charge in [-0.1, -0.05) is 38.1 Å². The van der Waals surface area contributed by atoms with Gasteiger partial charge in [0.2, 0.25) is 0 Å². The Kier molecular flexibility index (Phi) is 5.22. The van der Waals surface area contributed by atoms with E-state index in [1.54, 1.807) is 12.1 Å². The molecule has 0 aliphatic carbocycles. The maximum atomic E-state index is 13.8. The fourth-order valence-electron chi connectivity index (χ4n) is 3.30. The largest absolute Gasteiger partial charge is 0.457 e. The standard InChI is InChI=1S/C22H24FNO/c1-4-15-10-12-19-18(17(15)5-2)8-7-9-22(19)25-16-11-13-20(23)21(14-16)24-6-3/h7-14,24H,4-6H2,1-3H3. The minimum absolute atomic E-state index is 0.270. The van der Waals surface area contributed by atoms with Gasteiger partial charge in [0.1, 0.15) is 17.3 Å². The van der Waals surface area contributed by atoms with Crippen LogP contribution in [0.2, 0.25) is 0 Å². The van der Waals surface area contributed by atoms with E-state index in [0.29, 0.717) is 18.0 Å². The third-order valence-electron chi connectivity index (χ3n) is 4.50. The highest BCUT2D eigenvalue weighted by Gasteiger charge is 2.10. The summed E-state index contributed by atoms with van der Waals surface area (Å²) in [7, 11) is 0. The third kappa shape index (κ3) is 3.46. The number of aryl methyl sites for hydroxylation is 2. The highest BCUT2D eigenvalue weighted by Crippen LogP contribution is 2.34. The Balaban J connectivity index is 2.04. The number of benzene rings is 3. The maximum absolute atomic E-state index is 13.8. The molecule has 0 aliphatic rings. The summed E-state index contributed by atoms with van der Waals surface area (Å²) >= 11 is 0. The number of halogens is 1. The number of rotatable bonds is 6. The second-order valence-corrected chi connectivity index (χ2v) is 6.04. The summed E-state index contributed by atoms with van der Waals surface area (Å²) in [5.74, 6) is 1.15. The van der Waals surface area contributed by atoms with Gasteiger partial charge < -0.3 is 10.1 Å². The second kappa shape index (κ2) is 7.56. The molecule has 3 rings (SSSR count). The molecule has 0 saturated carbocycles. The summed E-state index contributed by atoms with van der Waals surface area (Å²) in [6.45, 7) is 6.97. The molecule has 25 heavy (non-hydrogen) atoms. The molecular formula is C22H24FNO. The molecule has 0 radical (unpaired) electrons. The average Bonchev–Trinajstić information content (AvgIpc) is 2.63. The van der Waals surface area contributed by atoms with E-state index in [9.17, 15) is 4.39 Å². The average molecular weight is 337 g/mol. The Labute approximate surface area is 148 Å². The van der Waals surface area contributed by atoms with Gasteiger partial charge >= 0.3 is 0 Å². The minimum atomic E-state index is -0.270. The Morgan fingerprint density at radius 3 is 2.48 bits per heavy atom. The van der Waals surface area contributed by atoms with Crippen molar-refractivity contribution in [1.82, 2.24) is 0 Å². The number of nitrogens with one attached hydrogen (secondary N) is 1. The molecule has 3 aromatic rings. The van der Waals surface area contributed by atoms with Crippen molar-refractivity contribution in [2.45, 2.75) is 33.6 Å². The molecule has 0 bridgehead atoms. The first-order chi connectivity index (χ1) is 12.2. The van der Waals surface area contributed by atoms with Crippen LogP contribution in [-0.4, -0.2) is 6.54 Å². The lowest BCUT2D eigenvalue weighted by Gasteiger charge is -2.15. The summed E-state index contributed by atoms with van der Waals surface area (Å²) in [6, 6.07) is 15.2. The van der Waals surface area contributed by atoms with Gasteiger partial charge in [0, 0.05) is 18.0 Å². The lowest BCUT2D eigenvalue weighted by atomic mass is 9.95. The molecule has 0 aliphatic heterocycles. The quantitative estimate of drug-likeness (QED) is 0.567. The monoisotopic (exact) mass is 337 g/mol. The highest BCUT2D eigenvalue weighted by molar-refractivity contribution is 5.92. The zero-order chi connectivity index (χ0) is 17.8. The zero-order valence-corrected chi connectivity index (χ0v) is 15.0. The first kappa shape index (κ1) is 17.3. The smallest absolute Gasteiger partial charge is 0.146 e. The van der Waals surface area contributed by atoms with Gasteiger partial charge in [-0.15, -0.1) is 0 Å². The van der Waals surface area contributed by atoms with Crippen LogP contribution in [0.25, 0.3) is 10.8 Å². The third-order valence-corrected chi connectivity index (χ3v) is 4.50. The van der Waals surface area contributed by atoms with Crippen LogP contribution < -0.4 is 10.1 Å². The van der Waals surface area contributed by atoms with Crippen LogP contribution in [0.3, 0.4) is 0 Å². The Bertz CT molecular complexity index is 889. The van der Waals surface area contributed by atoms with Gasteiger partial charge in [-0.2, -0.15) is 0 Å².